The number of nitrogens with one attached hydrogen (secondary N) is 2. The molecule has 21 heavy (non-hydrogen) atoms. The summed E-state index contributed by atoms with van der Waals surface area (Å²) in [6, 6.07) is 1.97. The summed E-state index contributed by atoms with van der Waals surface area (Å²) in [5.74, 6) is 1.52. The SMILES string of the molecule is CNc1nc(C)cc(NCCc2nc3c(s2)CCCC3)n1. The number of nitrogens with zero attached hydrogens (tertiary/aromatic N) is 3. The van der Waals surface area contributed by atoms with Gasteiger partial charge in [-0.05, 0) is 32.6 Å². The van der Waals surface area contributed by atoms with E-state index < -0.39 is 0 Å². The van der Waals surface area contributed by atoms with Crippen molar-refractivity contribution in [2.45, 2.75) is 39.0 Å². The van der Waals surface area contributed by atoms with Gasteiger partial charge in [0.25, 0.3) is 0 Å². The molecule has 0 atom stereocenters. The summed E-state index contributed by atoms with van der Waals surface area (Å²) in [6.45, 7) is 2.83. The molecule has 0 saturated heterocycles. The number of hydrogen-bond donors (Lipinski definition) is 2. The summed E-state index contributed by atoms with van der Waals surface area (Å²) >= 11 is 1.89. The van der Waals surface area contributed by atoms with E-state index in [1.807, 2.05) is 31.4 Å². The van der Waals surface area contributed by atoms with Crippen molar-refractivity contribution < 1.29 is 0 Å². The fraction of sp³-hybridized carbons (Fsp3) is 0.533. The molecule has 2 N–H and O–H groups in total. The van der Waals surface area contributed by atoms with Gasteiger partial charge < -0.3 is 10.6 Å². The molecule has 112 valence electrons. The van der Waals surface area contributed by atoms with Gasteiger partial charge in [-0.25, -0.2) is 9.97 Å². The van der Waals surface area contributed by atoms with Crippen LogP contribution in [0.25, 0.3) is 0 Å². The maximum absolute atomic E-state index is 4.77. The molecule has 2 aromatic heterocycles. The summed E-state index contributed by atoms with van der Waals surface area (Å²) in [7, 11) is 1.83. The molecule has 5 nitrogen and oxygen atoms in total. The normalized spacial score (nSPS) is 13.8. The highest BCUT2D eigenvalue weighted by molar-refractivity contribution is 7.11. The molecule has 0 bridgehead atoms. The first-order valence-corrected chi connectivity index (χ1v) is 8.31. The lowest BCUT2D eigenvalue weighted by Crippen LogP contribution is -2.08. The van der Waals surface area contributed by atoms with Gasteiger partial charge in [0, 0.05) is 36.7 Å². The van der Waals surface area contributed by atoms with Gasteiger partial charge >= 0.3 is 0 Å². The van der Waals surface area contributed by atoms with Gasteiger partial charge in [-0.1, -0.05) is 0 Å². The monoisotopic (exact) mass is 303 g/mol. The third-order valence-corrected chi connectivity index (χ3v) is 4.83. The topological polar surface area (TPSA) is 62.7 Å². The number of fused-ring (bicyclic) bond motifs is 1. The van der Waals surface area contributed by atoms with E-state index >= 15 is 0 Å². The number of anilines is 2. The predicted octanol–water partition coefficient (Wildman–Crippen LogP) is 2.82. The van der Waals surface area contributed by atoms with Crippen LogP contribution in [0.15, 0.2) is 6.07 Å². The second-order valence-electron chi connectivity index (χ2n) is 5.33. The van der Waals surface area contributed by atoms with Gasteiger partial charge in [-0.3, -0.25) is 0 Å². The van der Waals surface area contributed by atoms with Crippen LogP contribution < -0.4 is 10.6 Å². The lowest BCUT2D eigenvalue weighted by molar-refractivity contribution is 0.680. The molecule has 1 aliphatic rings. The Morgan fingerprint density at radius 2 is 2.05 bits per heavy atom. The van der Waals surface area contributed by atoms with Crippen LogP contribution >= 0.6 is 11.3 Å². The summed E-state index contributed by atoms with van der Waals surface area (Å²) in [5, 5.41) is 7.59. The standard InChI is InChI=1S/C15H21N5S/c1-10-9-13(20-15(16-2)18-10)17-8-7-14-19-11-5-3-4-6-12(11)21-14/h9H,3-8H2,1-2H3,(H2,16,17,18,20). The Balaban J connectivity index is 1.58. The molecule has 6 heteroatoms. The Kier molecular flexibility index (Phi) is 4.34. The number of thiazole rings is 1. The zero-order chi connectivity index (χ0) is 14.7. The second kappa shape index (κ2) is 6.39. The molecular formula is C15H21N5S. The number of aromatic nitrogens is 3. The lowest BCUT2D eigenvalue weighted by atomic mass is 10.0. The zero-order valence-electron chi connectivity index (χ0n) is 12.6. The van der Waals surface area contributed by atoms with E-state index in [0.717, 1.165) is 30.9 Å². The Labute approximate surface area is 129 Å². The van der Waals surface area contributed by atoms with Crippen LogP contribution in [0.4, 0.5) is 11.8 Å². The fourth-order valence-electron chi connectivity index (χ4n) is 2.58. The number of aryl methyl sites for hydroxylation is 3. The van der Waals surface area contributed by atoms with Crippen LogP contribution in [-0.2, 0) is 19.3 Å². The quantitative estimate of drug-likeness (QED) is 0.889. The molecule has 2 heterocycles. The van der Waals surface area contributed by atoms with Crippen molar-refractivity contribution in [3.8, 4) is 0 Å². The van der Waals surface area contributed by atoms with Gasteiger partial charge in [0.2, 0.25) is 5.95 Å². The molecule has 0 radical (unpaired) electrons. The van der Waals surface area contributed by atoms with E-state index in [4.69, 9.17) is 4.98 Å². The smallest absolute Gasteiger partial charge is 0.224 e. The Hall–Kier alpha value is -1.69. The highest BCUT2D eigenvalue weighted by atomic mass is 32.1. The maximum Gasteiger partial charge on any atom is 0.224 e. The lowest BCUT2D eigenvalue weighted by Gasteiger charge is -2.07. The van der Waals surface area contributed by atoms with Crippen molar-refractivity contribution in [2.75, 3.05) is 24.2 Å². The minimum atomic E-state index is 0.655. The Bertz CT molecular complexity index is 599. The molecular weight excluding hydrogens is 282 g/mol. The number of rotatable bonds is 5. The summed E-state index contributed by atoms with van der Waals surface area (Å²) in [4.78, 5) is 15.0. The van der Waals surface area contributed by atoms with Crippen molar-refractivity contribution in [1.82, 2.24) is 15.0 Å². The Morgan fingerprint density at radius 1 is 1.19 bits per heavy atom. The average Bonchev–Trinajstić information content (AvgIpc) is 2.89. The van der Waals surface area contributed by atoms with E-state index in [-0.39, 0.29) is 0 Å². The third-order valence-electron chi connectivity index (χ3n) is 3.61. The largest absolute Gasteiger partial charge is 0.369 e. The summed E-state index contributed by atoms with van der Waals surface area (Å²) in [5.41, 5.74) is 2.30. The zero-order valence-corrected chi connectivity index (χ0v) is 13.4. The van der Waals surface area contributed by atoms with Gasteiger partial charge in [-0.2, -0.15) is 4.98 Å². The fourth-order valence-corrected chi connectivity index (χ4v) is 3.74. The van der Waals surface area contributed by atoms with E-state index in [0.29, 0.717) is 5.95 Å². The molecule has 3 rings (SSSR count). The highest BCUT2D eigenvalue weighted by Crippen LogP contribution is 2.26. The van der Waals surface area contributed by atoms with Crippen molar-refractivity contribution in [3.63, 3.8) is 0 Å². The highest BCUT2D eigenvalue weighted by Gasteiger charge is 2.14. The predicted molar refractivity (Wildman–Crippen MR) is 87.3 cm³/mol. The first kappa shape index (κ1) is 14.3. The van der Waals surface area contributed by atoms with Gasteiger partial charge in [0.1, 0.15) is 5.82 Å². The molecule has 0 spiro atoms. The molecule has 0 fully saturated rings. The summed E-state index contributed by atoms with van der Waals surface area (Å²) < 4.78 is 0. The molecule has 1 aliphatic carbocycles. The third kappa shape index (κ3) is 3.50. The van der Waals surface area contributed by atoms with Crippen LogP contribution in [-0.4, -0.2) is 28.5 Å². The molecule has 0 aliphatic heterocycles. The summed E-state index contributed by atoms with van der Waals surface area (Å²) in [6.07, 6.45) is 5.95. The molecule has 0 aromatic carbocycles. The average molecular weight is 303 g/mol. The molecule has 0 unspecified atom stereocenters. The minimum absolute atomic E-state index is 0.655. The van der Waals surface area contributed by atoms with Crippen molar-refractivity contribution >= 4 is 23.1 Å². The van der Waals surface area contributed by atoms with E-state index in [1.54, 1.807) is 0 Å². The van der Waals surface area contributed by atoms with E-state index in [9.17, 15) is 0 Å². The van der Waals surface area contributed by atoms with Crippen LogP contribution in [0.5, 0.6) is 0 Å². The minimum Gasteiger partial charge on any atom is -0.369 e. The molecule has 0 amide bonds. The van der Waals surface area contributed by atoms with Gasteiger partial charge in [0.05, 0.1) is 10.7 Å². The van der Waals surface area contributed by atoms with Crippen molar-refractivity contribution in [3.05, 3.63) is 27.3 Å². The number of hydrogen-bond acceptors (Lipinski definition) is 6. The first-order valence-electron chi connectivity index (χ1n) is 7.49. The van der Waals surface area contributed by atoms with Crippen LogP contribution in [0, 0.1) is 6.92 Å². The van der Waals surface area contributed by atoms with E-state index in [1.165, 1.54) is 34.8 Å². The van der Waals surface area contributed by atoms with Crippen LogP contribution in [0.1, 0.15) is 34.1 Å². The van der Waals surface area contributed by atoms with Crippen molar-refractivity contribution in [2.24, 2.45) is 0 Å². The second-order valence-corrected chi connectivity index (χ2v) is 6.50. The molecule has 2 aromatic rings. The molecule has 0 saturated carbocycles. The van der Waals surface area contributed by atoms with Crippen LogP contribution in [0.3, 0.4) is 0 Å². The maximum atomic E-state index is 4.77. The van der Waals surface area contributed by atoms with E-state index in [2.05, 4.69) is 20.6 Å². The first-order chi connectivity index (χ1) is 10.2. The van der Waals surface area contributed by atoms with Gasteiger partial charge in [-0.15, -0.1) is 11.3 Å². The van der Waals surface area contributed by atoms with Gasteiger partial charge in [0.15, 0.2) is 0 Å². The van der Waals surface area contributed by atoms with Crippen LogP contribution in [0.2, 0.25) is 0 Å². The Morgan fingerprint density at radius 3 is 2.86 bits per heavy atom. The van der Waals surface area contributed by atoms with Crippen molar-refractivity contribution in [1.29, 1.82) is 0 Å².